The number of carbonyl (C=O) groups excluding carboxylic acids is 2. The third-order valence-electron chi connectivity index (χ3n) is 10.4. The van der Waals surface area contributed by atoms with E-state index in [1.54, 1.807) is 6.08 Å². The van der Waals surface area contributed by atoms with Crippen molar-refractivity contribution < 1.29 is 47.2 Å². The normalized spacial score (nSPS) is 14.4. The van der Waals surface area contributed by atoms with E-state index < -0.39 is 38.6 Å². The minimum Gasteiger partial charge on any atom is -0.756 e. The van der Waals surface area contributed by atoms with E-state index in [1.165, 1.54) is 122 Å². The van der Waals surface area contributed by atoms with Gasteiger partial charge in [0, 0.05) is 12.8 Å². The van der Waals surface area contributed by atoms with Crippen LogP contribution in [0.5, 0.6) is 0 Å². The molecule has 1 N–H and O–H groups in total. The SMILES string of the molecule is CCCCCCCC/C=C\CCCCCCCCCCCC(=O)O[C@H](COC(=O)CCCC(O)/C=C/C=C/C/C=C/CCCCCCCC)COP(=O)([O-])OCC[N+](C)(C)C. The van der Waals surface area contributed by atoms with Crippen molar-refractivity contribution in [3.63, 3.8) is 0 Å². The van der Waals surface area contributed by atoms with Crippen LogP contribution < -0.4 is 4.89 Å². The van der Waals surface area contributed by atoms with Crippen LogP contribution in [0, 0.1) is 0 Å². The molecular formula is C50H92NO9P. The van der Waals surface area contributed by atoms with Crippen LogP contribution in [0.1, 0.15) is 200 Å². The summed E-state index contributed by atoms with van der Waals surface area (Å²) in [5, 5.41) is 10.3. The smallest absolute Gasteiger partial charge is 0.306 e. The van der Waals surface area contributed by atoms with Crippen molar-refractivity contribution in [2.45, 2.75) is 212 Å². The van der Waals surface area contributed by atoms with Gasteiger partial charge in [-0.2, -0.15) is 0 Å². The minimum atomic E-state index is -4.67. The summed E-state index contributed by atoms with van der Waals surface area (Å²) >= 11 is 0. The van der Waals surface area contributed by atoms with E-state index in [2.05, 4.69) is 38.2 Å². The van der Waals surface area contributed by atoms with Gasteiger partial charge in [0.1, 0.15) is 19.8 Å². The highest BCUT2D eigenvalue weighted by atomic mass is 31.2. The molecule has 0 rings (SSSR count). The molecule has 3 atom stereocenters. The van der Waals surface area contributed by atoms with Crippen molar-refractivity contribution in [2.24, 2.45) is 0 Å². The Hall–Kier alpha value is -2.07. The zero-order chi connectivity index (χ0) is 45.1. The highest BCUT2D eigenvalue weighted by Crippen LogP contribution is 2.38. The molecule has 0 aliphatic carbocycles. The first-order valence-corrected chi connectivity index (χ1v) is 25.9. The predicted octanol–water partition coefficient (Wildman–Crippen LogP) is 12.6. The van der Waals surface area contributed by atoms with Crippen LogP contribution in [0.4, 0.5) is 0 Å². The number of unbranched alkanes of at least 4 members (excludes halogenated alkanes) is 21. The molecule has 61 heavy (non-hydrogen) atoms. The third kappa shape index (κ3) is 45.8. The van der Waals surface area contributed by atoms with Crippen LogP contribution in [0.2, 0.25) is 0 Å². The number of phosphoric ester groups is 1. The number of aliphatic hydroxyl groups excluding tert-OH is 1. The highest BCUT2D eigenvalue weighted by molar-refractivity contribution is 7.45. The van der Waals surface area contributed by atoms with Gasteiger partial charge in [-0.05, 0) is 64.2 Å². The number of quaternary nitrogens is 1. The Bertz CT molecular complexity index is 1200. The molecule has 0 bridgehead atoms. The number of ether oxygens (including phenoxy) is 2. The van der Waals surface area contributed by atoms with Gasteiger partial charge in [-0.3, -0.25) is 14.2 Å². The Morgan fingerprint density at radius 1 is 0.607 bits per heavy atom. The maximum atomic E-state index is 12.7. The number of aliphatic hydroxyl groups is 1. The van der Waals surface area contributed by atoms with Crippen molar-refractivity contribution in [1.29, 1.82) is 0 Å². The second kappa shape index (κ2) is 41.9. The Balaban J connectivity index is 4.45. The number of carbonyl (C=O) groups is 2. The second-order valence-corrected chi connectivity index (χ2v) is 19.1. The standard InChI is InChI=1S/C50H92NO9P/c1-6-8-10-12-14-16-18-20-21-22-23-24-25-27-29-31-33-35-37-41-50(54)60-48(46-59-61(55,56)58-44-43-51(3,4)5)45-57-49(53)42-38-40-47(52)39-36-34-32-30-28-26-19-17-15-13-11-9-7-2/h20-21,26,28,32,34,36,39,47-48,52H,6-19,22-25,27,29-31,33,35,37-38,40-46H2,1-5H3/b21-20-,28-26+,34-32+,39-36+/t47?,48-/m1/s1. The summed E-state index contributed by atoms with van der Waals surface area (Å²) in [6.45, 7) is 4.01. The van der Waals surface area contributed by atoms with Gasteiger partial charge in [0.25, 0.3) is 7.82 Å². The fraction of sp³-hybridized carbons (Fsp3) is 0.800. The fourth-order valence-electron chi connectivity index (χ4n) is 6.54. The van der Waals surface area contributed by atoms with Crippen molar-refractivity contribution in [3.05, 3.63) is 48.6 Å². The van der Waals surface area contributed by atoms with E-state index in [1.807, 2.05) is 39.4 Å². The molecule has 0 fully saturated rings. The van der Waals surface area contributed by atoms with Gasteiger partial charge in [0.15, 0.2) is 6.10 Å². The molecule has 0 amide bonds. The number of hydrogen-bond donors (Lipinski definition) is 1. The molecule has 356 valence electrons. The van der Waals surface area contributed by atoms with Crippen LogP contribution in [0.3, 0.4) is 0 Å². The van der Waals surface area contributed by atoms with Gasteiger partial charge < -0.3 is 33.0 Å². The zero-order valence-electron chi connectivity index (χ0n) is 39.7. The van der Waals surface area contributed by atoms with Crippen molar-refractivity contribution >= 4 is 19.8 Å². The second-order valence-electron chi connectivity index (χ2n) is 17.7. The van der Waals surface area contributed by atoms with Gasteiger partial charge >= 0.3 is 11.9 Å². The van der Waals surface area contributed by atoms with Crippen LogP contribution in [0.25, 0.3) is 0 Å². The Morgan fingerprint density at radius 2 is 1.10 bits per heavy atom. The highest BCUT2D eigenvalue weighted by Gasteiger charge is 2.22. The molecule has 0 aromatic rings. The molecule has 0 aliphatic heterocycles. The van der Waals surface area contributed by atoms with E-state index in [9.17, 15) is 24.2 Å². The van der Waals surface area contributed by atoms with Gasteiger partial charge in [-0.1, -0.05) is 172 Å². The lowest BCUT2D eigenvalue weighted by Crippen LogP contribution is -2.37. The van der Waals surface area contributed by atoms with Gasteiger partial charge in [0.05, 0.1) is 33.9 Å². The first-order chi connectivity index (χ1) is 29.4. The monoisotopic (exact) mass is 882 g/mol. The predicted molar refractivity (Wildman–Crippen MR) is 251 cm³/mol. The molecule has 0 radical (unpaired) electrons. The average Bonchev–Trinajstić information content (AvgIpc) is 3.21. The number of allylic oxidation sites excluding steroid dienone is 7. The number of rotatable bonds is 44. The van der Waals surface area contributed by atoms with Gasteiger partial charge in [0.2, 0.25) is 0 Å². The van der Waals surface area contributed by atoms with Gasteiger partial charge in [-0.25, -0.2) is 0 Å². The van der Waals surface area contributed by atoms with E-state index in [-0.39, 0.29) is 26.1 Å². The Labute approximate surface area is 374 Å². The number of hydrogen-bond acceptors (Lipinski definition) is 9. The molecule has 0 spiro atoms. The summed E-state index contributed by atoms with van der Waals surface area (Å²) in [6.07, 6.45) is 46.0. The van der Waals surface area contributed by atoms with Crippen LogP contribution in [0.15, 0.2) is 48.6 Å². The molecule has 11 heteroatoms. The van der Waals surface area contributed by atoms with Gasteiger partial charge in [-0.15, -0.1) is 0 Å². The lowest BCUT2D eigenvalue weighted by molar-refractivity contribution is -0.870. The molecule has 10 nitrogen and oxygen atoms in total. The summed E-state index contributed by atoms with van der Waals surface area (Å²) in [5.41, 5.74) is 0. The molecule has 0 heterocycles. The van der Waals surface area contributed by atoms with E-state index in [4.69, 9.17) is 18.5 Å². The lowest BCUT2D eigenvalue weighted by Gasteiger charge is -2.28. The first-order valence-electron chi connectivity index (χ1n) is 24.5. The molecule has 0 aromatic carbocycles. The molecule has 0 aliphatic rings. The minimum absolute atomic E-state index is 0.0522. The maximum absolute atomic E-state index is 12.7. The molecule has 0 saturated heterocycles. The Morgan fingerprint density at radius 3 is 1.64 bits per heavy atom. The summed E-state index contributed by atoms with van der Waals surface area (Å²) in [6, 6.07) is 0. The van der Waals surface area contributed by atoms with E-state index >= 15 is 0 Å². The number of nitrogens with zero attached hydrogens (tertiary/aromatic N) is 1. The van der Waals surface area contributed by atoms with E-state index in [0.29, 0.717) is 30.3 Å². The topological polar surface area (TPSA) is 131 Å². The molecule has 0 saturated carbocycles. The summed E-state index contributed by atoms with van der Waals surface area (Å²) < 4.78 is 33.8. The quantitative estimate of drug-likeness (QED) is 0.0159. The average molecular weight is 882 g/mol. The van der Waals surface area contributed by atoms with Crippen molar-refractivity contribution in [2.75, 3.05) is 47.5 Å². The van der Waals surface area contributed by atoms with Crippen molar-refractivity contribution in [1.82, 2.24) is 0 Å². The first kappa shape index (κ1) is 58.9. The number of likely N-dealkylation sites (N-methyl/N-ethyl adjacent to an activating group) is 1. The fourth-order valence-corrected chi connectivity index (χ4v) is 7.27. The molecular weight excluding hydrogens is 790 g/mol. The maximum Gasteiger partial charge on any atom is 0.306 e. The summed E-state index contributed by atoms with van der Waals surface area (Å²) in [4.78, 5) is 37.7. The summed E-state index contributed by atoms with van der Waals surface area (Å²) in [5.74, 6) is -1.03. The van der Waals surface area contributed by atoms with Crippen LogP contribution >= 0.6 is 7.82 Å². The third-order valence-corrected chi connectivity index (χ3v) is 11.4. The lowest BCUT2D eigenvalue weighted by atomic mass is 10.1. The summed E-state index contributed by atoms with van der Waals surface area (Å²) in [7, 11) is 1.07. The van der Waals surface area contributed by atoms with E-state index in [0.717, 1.165) is 32.1 Å². The van der Waals surface area contributed by atoms with Crippen LogP contribution in [-0.4, -0.2) is 81.2 Å². The zero-order valence-corrected chi connectivity index (χ0v) is 40.6. The molecule has 0 aromatic heterocycles. The Kier molecular flexibility index (Phi) is 40.5. The molecule has 2 unspecified atom stereocenters. The number of phosphoric acid groups is 1. The number of esters is 2. The largest absolute Gasteiger partial charge is 0.756 e. The van der Waals surface area contributed by atoms with Crippen molar-refractivity contribution in [3.8, 4) is 0 Å². The van der Waals surface area contributed by atoms with Crippen LogP contribution in [-0.2, 0) is 32.7 Å².